The van der Waals surface area contributed by atoms with E-state index in [-0.39, 0.29) is 5.91 Å². The number of halogens is 3. The van der Waals surface area contributed by atoms with Crippen molar-refractivity contribution in [3.05, 3.63) is 69.6 Å². The number of aryl methyl sites for hydroxylation is 2. The standard InChI is InChI=1S/C19H15F3N2OS/c1-11-6-7-12(2)15(8-11)23-18-24-17(25)16(26-18)10-13-4-3-5-14(9-13)19(20,21)22/h3-10H,1-2H3,(H,23,24,25). The summed E-state index contributed by atoms with van der Waals surface area (Å²) in [5.74, 6) is -0.378. The van der Waals surface area contributed by atoms with E-state index < -0.39 is 11.7 Å². The van der Waals surface area contributed by atoms with Gasteiger partial charge >= 0.3 is 6.18 Å². The van der Waals surface area contributed by atoms with Crippen LogP contribution in [0.2, 0.25) is 0 Å². The van der Waals surface area contributed by atoms with Gasteiger partial charge in [-0.25, -0.2) is 4.99 Å². The molecule has 1 heterocycles. The lowest BCUT2D eigenvalue weighted by molar-refractivity contribution is -0.137. The average molecular weight is 376 g/mol. The van der Waals surface area contributed by atoms with Crippen molar-refractivity contribution < 1.29 is 18.0 Å². The summed E-state index contributed by atoms with van der Waals surface area (Å²) in [6, 6.07) is 10.7. The number of amides is 1. The fourth-order valence-corrected chi connectivity index (χ4v) is 3.22. The van der Waals surface area contributed by atoms with Crippen LogP contribution in [0.25, 0.3) is 6.08 Å². The van der Waals surface area contributed by atoms with Crippen LogP contribution in [0.15, 0.2) is 52.4 Å². The van der Waals surface area contributed by atoms with Crippen molar-refractivity contribution in [2.75, 3.05) is 0 Å². The van der Waals surface area contributed by atoms with Crippen molar-refractivity contribution in [3.63, 3.8) is 0 Å². The molecule has 1 amide bonds. The lowest BCUT2D eigenvalue weighted by atomic mass is 10.1. The Bertz CT molecular complexity index is 933. The molecule has 3 nitrogen and oxygen atoms in total. The van der Waals surface area contributed by atoms with Gasteiger partial charge in [-0.15, -0.1) is 0 Å². The molecule has 0 spiro atoms. The van der Waals surface area contributed by atoms with E-state index in [0.717, 1.165) is 40.7 Å². The SMILES string of the molecule is Cc1ccc(C)c(N=C2NC(=O)C(=Cc3cccc(C(F)(F)F)c3)S2)c1. The highest BCUT2D eigenvalue weighted by molar-refractivity contribution is 8.18. The Morgan fingerprint density at radius 1 is 1.12 bits per heavy atom. The second-order valence-corrected chi connectivity index (χ2v) is 6.93. The molecular weight excluding hydrogens is 361 g/mol. The van der Waals surface area contributed by atoms with Gasteiger partial charge in [0.25, 0.3) is 5.91 Å². The van der Waals surface area contributed by atoms with E-state index in [1.807, 2.05) is 32.0 Å². The molecule has 7 heteroatoms. The number of benzene rings is 2. The molecule has 3 rings (SSSR count). The maximum atomic E-state index is 12.8. The van der Waals surface area contributed by atoms with E-state index in [2.05, 4.69) is 10.3 Å². The number of thioether (sulfide) groups is 1. The molecule has 0 aromatic heterocycles. The van der Waals surface area contributed by atoms with Crippen LogP contribution in [0, 0.1) is 13.8 Å². The van der Waals surface area contributed by atoms with E-state index in [4.69, 9.17) is 0 Å². The molecule has 1 fully saturated rings. The minimum Gasteiger partial charge on any atom is -0.300 e. The summed E-state index contributed by atoms with van der Waals surface area (Å²) in [5.41, 5.74) is 2.32. The molecule has 134 valence electrons. The number of hydrogen-bond acceptors (Lipinski definition) is 3. The first-order chi connectivity index (χ1) is 12.2. The number of amidine groups is 1. The van der Waals surface area contributed by atoms with E-state index in [1.54, 1.807) is 0 Å². The van der Waals surface area contributed by atoms with Gasteiger partial charge in [-0.05, 0) is 66.6 Å². The second-order valence-electron chi connectivity index (χ2n) is 5.89. The molecule has 26 heavy (non-hydrogen) atoms. The molecule has 2 aromatic rings. The Hall–Kier alpha value is -2.54. The van der Waals surface area contributed by atoms with Gasteiger partial charge in [0, 0.05) is 0 Å². The number of aliphatic imine (C=N–C) groups is 1. The van der Waals surface area contributed by atoms with Crippen molar-refractivity contribution in [1.82, 2.24) is 5.32 Å². The van der Waals surface area contributed by atoms with Crippen LogP contribution in [0.1, 0.15) is 22.3 Å². The zero-order chi connectivity index (χ0) is 18.9. The van der Waals surface area contributed by atoms with E-state index in [0.29, 0.717) is 15.6 Å². The maximum absolute atomic E-state index is 12.8. The molecule has 0 bridgehead atoms. The Morgan fingerprint density at radius 2 is 1.88 bits per heavy atom. The van der Waals surface area contributed by atoms with Crippen LogP contribution in [-0.2, 0) is 11.0 Å². The van der Waals surface area contributed by atoms with Gasteiger partial charge in [0.2, 0.25) is 0 Å². The van der Waals surface area contributed by atoms with E-state index in [1.165, 1.54) is 18.2 Å². The number of hydrogen-bond donors (Lipinski definition) is 1. The van der Waals surface area contributed by atoms with Gasteiger partial charge in [0.15, 0.2) is 5.17 Å². The van der Waals surface area contributed by atoms with Crippen LogP contribution < -0.4 is 5.32 Å². The van der Waals surface area contributed by atoms with Crippen LogP contribution in [0.4, 0.5) is 18.9 Å². The molecule has 2 aromatic carbocycles. The highest BCUT2D eigenvalue weighted by atomic mass is 32.2. The van der Waals surface area contributed by atoms with Crippen LogP contribution in [-0.4, -0.2) is 11.1 Å². The van der Waals surface area contributed by atoms with Crippen molar-refractivity contribution >= 4 is 34.6 Å². The number of alkyl halides is 3. The molecule has 0 aliphatic carbocycles. The Balaban J connectivity index is 1.87. The van der Waals surface area contributed by atoms with Crippen LogP contribution in [0.5, 0.6) is 0 Å². The molecular formula is C19H15F3N2OS. The highest BCUT2D eigenvalue weighted by Gasteiger charge is 2.30. The predicted octanol–water partition coefficient (Wildman–Crippen LogP) is 5.21. The third-order valence-corrected chi connectivity index (χ3v) is 4.66. The Kier molecular flexibility index (Phi) is 4.91. The Morgan fingerprint density at radius 3 is 2.62 bits per heavy atom. The van der Waals surface area contributed by atoms with Crippen LogP contribution in [0.3, 0.4) is 0 Å². The quantitative estimate of drug-likeness (QED) is 0.731. The molecule has 0 saturated carbocycles. The number of nitrogens with one attached hydrogen (secondary N) is 1. The summed E-state index contributed by atoms with van der Waals surface area (Å²) in [5, 5.41) is 3.05. The number of nitrogens with zero attached hydrogens (tertiary/aromatic N) is 1. The summed E-state index contributed by atoms with van der Waals surface area (Å²) < 4.78 is 38.4. The smallest absolute Gasteiger partial charge is 0.300 e. The normalized spacial score (nSPS) is 17.8. The number of carbonyl (C=O) groups excluding carboxylic acids is 1. The first-order valence-electron chi connectivity index (χ1n) is 7.76. The largest absolute Gasteiger partial charge is 0.416 e. The molecule has 0 radical (unpaired) electrons. The fourth-order valence-electron chi connectivity index (χ4n) is 2.39. The number of carbonyl (C=O) groups is 1. The zero-order valence-corrected chi connectivity index (χ0v) is 14.8. The summed E-state index contributed by atoms with van der Waals surface area (Å²) in [4.78, 5) is 16.9. The first kappa shape index (κ1) is 18.3. The zero-order valence-electron chi connectivity index (χ0n) is 14.0. The molecule has 0 atom stereocenters. The van der Waals surface area contributed by atoms with Gasteiger partial charge in [-0.3, -0.25) is 4.79 Å². The van der Waals surface area contributed by atoms with Gasteiger partial charge in [0.1, 0.15) is 0 Å². The molecule has 1 N–H and O–H groups in total. The van der Waals surface area contributed by atoms with Gasteiger partial charge in [-0.2, -0.15) is 13.2 Å². The minimum absolute atomic E-state index is 0.299. The summed E-state index contributed by atoms with van der Waals surface area (Å²) >= 11 is 1.11. The van der Waals surface area contributed by atoms with Crippen molar-refractivity contribution in [1.29, 1.82) is 0 Å². The molecule has 1 aliphatic rings. The summed E-state index contributed by atoms with van der Waals surface area (Å²) in [7, 11) is 0. The topological polar surface area (TPSA) is 41.5 Å². The third kappa shape index (κ3) is 4.16. The first-order valence-corrected chi connectivity index (χ1v) is 8.58. The maximum Gasteiger partial charge on any atom is 0.416 e. The van der Waals surface area contributed by atoms with E-state index in [9.17, 15) is 18.0 Å². The second kappa shape index (κ2) is 6.99. The molecule has 1 aliphatic heterocycles. The Labute approximate surface area is 153 Å². The van der Waals surface area contributed by atoms with Crippen molar-refractivity contribution in [3.8, 4) is 0 Å². The number of rotatable bonds is 2. The minimum atomic E-state index is -4.42. The molecule has 1 saturated heterocycles. The third-order valence-electron chi connectivity index (χ3n) is 3.75. The van der Waals surface area contributed by atoms with Gasteiger partial charge in [0.05, 0.1) is 16.2 Å². The average Bonchev–Trinajstić information content (AvgIpc) is 2.90. The lowest BCUT2D eigenvalue weighted by Gasteiger charge is -2.06. The van der Waals surface area contributed by atoms with Crippen molar-refractivity contribution in [2.24, 2.45) is 4.99 Å². The van der Waals surface area contributed by atoms with E-state index >= 15 is 0 Å². The van der Waals surface area contributed by atoms with Crippen molar-refractivity contribution in [2.45, 2.75) is 20.0 Å². The predicted molar refractivity (Wildman–Crippen MR) is 98.2 cm³/mol. The van der Waals surface area contributed by atoms with Crippen LogP contribution >= 0.6 is 11.8 Å². The summed E-state index contributed by atoms with van der Waals surface area (Å²) in [6.07, 6.45) is -2.99. The lowest BCUT2D eigenvalue weighted by Crippen LogP contribution is -2.19. The van der Waals surface area contributed by atoms with Gasteiger partial charge < -0.3 is 5.32 Å². The van der Waals surface area contributed by atoms with Gasteiger partial charge in [-0.1, -0.05) is 24.3 Å². The highest BCUT2D eigenvalue weighted by Crippen LogP contribution is 2.32. The fraction of sp³-hybridized carbons (Fsp3) is 0.158. The summed E-state index contributed by atoms with van der Waals surface area (Å²) in [6.45, 7) is 3.86. The molecule has 0 unspecified atom stereocenters. The monoisotopic (exact) mass is 376 g/mol.